The quantitative estimate of drug-likeness (QED) is 0.893. The first-order chi connectivity index (χ1) is 8.56. The summed E-state index contributed by atoms with van der Waals surface area (Å²) in [6, 6.07) is 1.02. The van der Waals surface area contributed by atoms with Crippen molar-refractivity contribution < 1.29 is 0 Å². The van der Waals surface area contributed by atoms with Gasteiger partial charge in [0, 0.05) is 12.1 Å². The van der Waals surface area contributed by atoms with E-state index in [1.807, 2.05) is 4.68 Å². The molecule has 102 valence electrons. The predicted molar refractivity (Wildman–Crippen MR) is 73.2 cm³/mol. The van der Waals surface area contributed by atoms with Gasteiger partial charge in [-0.25, -0.2) is 9.67 Å². The summed E-state index contributed by atoms with van der Waals surface area (Å²) in [4.78, 5) is 4.35. The van der Waals surface area contributed by atoms with Gasteiger partial charge >= 0.3 is 0 Å². The Hall–Kier alpha value is -0.900. The molecule has 2 rings (SSSR count). The maximum atomic E-state index is 4.35. The highest BCUT2D eigenvalue weighted by molar-refractivity contribution is 4.88. The summed E-state index contributed by atoms with van der Waals surface area (Å²) in [6.07, 6.45) is 5.61. The van der Waals surface area contributed by atoms with Crippen molar-refractivity contribution in [3.63, 3.8) is 0 Å². The fraction of sp³-hybridized carbons (Fsp3) is 0.857. The Morgan fingerprint density at radius 3 is 2.56 bits per heavy atom. The van der Waals surface area contributed by atoms with Crippen LogP contribution in [-0.4, -0.2) is 20.8 Å². The number of hydrogen-bond acceptors (Lipinski definition) is 3. The van der Waals surface area contributed by atoms with Crippen LogP contribution in [0.25, 0.3) is 0 Å². The summed E-state index contributed by atoms with van der Waals surface area (Å²) in [7, 11) is 0. The van der Waals surface area contributed by atoms with E-state index >= 15 is 0 Å². The Morgan fingerprint density at radius 1 is 1.28 bits per heavy atom. The SMILES string of the molecule is CC1CC(C)CC(NCc2ncnn2C(C)C)C1. The molecule has 0 aliphatic heterocycles. The van der Waals surface area contributed by atoms with Gasteiger partial charge in [0.2, 0.25) is 0 Å². The van der Waals surface area contributed by atoms with E-state index in [1.165, 1.54) is 19.3 Å². The van der Waals surface area contributed by atoms with Gasteiger partial charge in [0.15, 0.2) is 0 Å². The summed E-state index contributed by atoms with van der Waals surface area (Å²) in [5.74, 6) is 2.74. The van der Waals surface area contributed by atoms with E-state index < -0.39 is 0 Å². The van der Waals surface area contributed by atoms with Crippen LogP contribution in [0.2, 0.25) is 0 Å². The molecule has 0 aromatic carbocycles. The first-order valence-corrected chi connectivity index (χ1v) is 7.18. The standard InChI is InChI=1S/C14H26N4/c1-10(2)18-14(16-9-17-18)8-15-13-6-11(3)5-12(4)7-13/h9-13,15H,5-8H2,1-4H3. The molecular formula is C14H26N4. The minimum Gasteiger partial charge on any atom is -0.307 e. The molecule has 1 aliphatic carbocycles. The molecule has 0 saturated heterocycles. The number of nitrogens with one attached hydrogen (secondary N) is 1. The van der Waals surface area contributed by atoms with Gasteiger partial charge in [-0.05, 0) is 44.9 Å². The van der Waals surface area contributed by atoms with Gasteiger partial charge in [-0.1, -0.05) is 13.8 Å². The Morgan fingerprint density at radius 2 is 1.94 bits per heavy atom. The first-order valence-electron chi connectivity index (χ1n) is 7.18. The summed E-state index contributed by atoms with van der Waals surface area (Å²) in [5.41, 5.74) is 0. The molecule has 4 heteroatoms. The molecule has 1 aromatic rings. The summed E-state index contributed by atoms with van der Waals surface area (Å²) in [5, 5.41) is 7.93. The van der Waals surface area contributed by atoms with E-state index in [0.29, 0.717) is 12.1 Å². The van der Waals surface area contributed by atoms with Gasteiger partial charge in [-0.3, -0.25) is 0 Å². The molecule has 2 atom stereocenters. The van der Waals surface area contributed by atoms with Crippen molar-refractivity contribution in [3.8, 4) is 0 Å². The lowest BCUT2D eigenvalue weighted by molar-refractivity contribution is 0.236. The molecule has 0 amide bonds. The van der Waals surface area contributed by atoms with Gasteiger partial charge in [-0.15, -0.1) is 0 Å². The Labute approximate surface area is 110 Å². The highest BCUT2D eigenvalue weighted by atomic mass is 15.4. The van der Waals surface area contributed by atoms with Crippen LogP contribution in [0.3, 0.4) is 0 Å². The van der Waals surface area contributed by atoms with E-state index in [-0.39, 0.29) is 0 Å². The summed E-state index contributed by atoms with van der Waals surface area (Å²) < 4.78 is 2.00. The van der Waals surface area contributed by atoms with Crippen molar-refractivity contribution >= 4 is 0 Å². The lowest BCUT2D eigenvalue weighted by atomic mass is 9.80. The molecule has 18 heavy (non-hydrogen) atoms. The van der Waals surface area contributed by atoms with E-state index in [9.17, 15) is 0 Å². The maximum absolute atomic E-state index is 4.35. The first kappa shape index (κ1) is 13.5. The minimum absolute atomic E-state index is 0.383. The van der Waals surface area contributed by atoms with Crippen molar-refractivity contribution in [2.24, 2.45) is 11.8 Å². The molecule has 4 nitrogen and oxygen atoms in total. The second-order valence-corrected chi connectivity index (χ2v) is 6.21. The van der Waals surface area contributed by atoms with Crippen LogP contribution in [0.1, 0.15) is 58.8 Å². The van der Waals surface area contributed by atoms with E-state index in [1.54, 1.807) is 6.33 Å². The fourth-order valence-corrected chi connectivity index (χ4v) is 3.18. The van der Waals surface area contributed by atoms with Crippen LogP contribution >= 0.6 is 0 Å². The molecule has 1 fully saturated rings. The third kappa shape index (κ3) is 3.31. The highest BCUT2D eigenvalue weighted by Crippen LogP contribution is 2.28. The lowest BCUT2D eigenvalue weighted by Gasteiger charge is -2.32. The molecule has 1 heterocycles. The van der Waals surface area contributed by atoms with Crippen molar-refractivity contribution in [3.05, 3.63) is 12.2 Å². The van der Waals surface area contributed by atoms with Crippen LogP contribution in [0.5, 0.6) is 0 Å². The Bertz CT molecular complexity index is 362. The van der Waals surface area contributed by atoms with Crippen LogP contribution in [-0.2, 0) is 6.54 Å². The highest BCUT2D eigenvalue weighted by Gasteiger charge is 2.23. The zero-order valence-corrected chi connectivity index (χ0v) is 12.1. The second kappa shape index (κ2) is 5.83. The van der Waals surface area contributed by atoms with Crippen LogP contribution in [0, 0.1) is 11.8 Å². The van der Waals surface area contributed by atoms with Gasteiger partial charge in [0.05, 0.1) is 6.54 Å². The van der Waals surface area contributed by atoms with Crippen molar-refractivity contribution in [1.29, 1.82) is 0 Å². The van der Waals surface area contributed by atoms with Crippen LogP contribution < -0.4 is 5.32 Å². The van der Waals surface area contributed by atoms with Crippen LogP contribution in [0.15, 0.2) is 6.33 Å². The second-order valence-electron chi connectivity index (χ2n) is 6.21. The van der Waals surface area contributed by atoms with E-state index in [2.05, 4.69) is 43.1 Å². The molecule has 1 aromatic heterocycles. The van der Waals surface area contributed by atoms with Crippen molar-refractivity contribution in [1.82, 2.24) is 20.1 Å². The van der Waals surface area contributed by atoms with Crippen molar-refractivity contribution in [2.45, 2.75) is 65.6 Å². The smallest absolute Gasteiger partial charge is 0.141 e. The molecule has 0 spiro atoms. The Balaban J connectivity index is 1.89. The number of hydrogen-bond donors (Lipinski definition) is 1. The summed E-state index contributed by atoms with van der Waals surface area (Å²) >= 11 is 0. The normalized spacial score (nSPS) is 28.8. The predicted octanol–water partition coefficient (Wildman–Crippen LogP) is 2.77. The number of nitrogens with zero attached hydrogens (tertiary/aromatic N) is 3. The monoisotopic (exact) mass is 250 g/mol. The molecule has 1 N–H and O–H groups in total. The average molecular weight is 250 g/mol. The largest absolute Gasteiger partial charge is 0.307 e. The zero-order valence-electron chi connectivity index (χ0n) is 12.1. The number of rotatable bonds is 4. The Kier molecular flexibility index (Phi) is 4.38. The third-order valence-corrected chi connectivity index (χ3v) is 3.86. The van der Waals surface area contributed by atoms with Gasteiger partial charge in [0.25, 0.3) is 0 Å². The van der Waals surface area contributed by atoms with Gasteiger partial charge in [-0.2, -0.15) is 5.10 Å². The molecule has 0 radical (unpaired) electrons. The van der Waals surface area contributed by atoms with E-state index in [4.69, 9.17) is 0 Å². The van der Waals surface area contributed by atoms with Gasteiger partial charge < -0.3 is 5.32 Å². The van der Waals surface area contributed by atoms with E-state index in [0.717, 1.165) is 24.2 Å². The molecule has 0 bridgehead atoms. The minimum atomic E-state index is 0.383. The van der Waals surface area contributed by atoms with Gasteiger partial charge in [0.1, 0.15) is 12.2 Å². The molecule has 1 saturated carbocycles. The molecule has 1 aliphatic rings. The third-order valence-electron chi connectivity index (χ3n) is 3.86. The summed E-state index contributed by atoms with van der Waals surface area (Å²) in [6.45, 7) is 9.84. The molecule has 2 unspecified atom stereocenters. The molecular weight excluding hydrogens is 224 g/mol. The maximum Gasteiger partial charge on any atom is 0.141 e. The zero-order chi connectivity index (χ0) is 13.1. The average Bonchev–Trinajstić information content (AvgIpc) is 2.73. The topological polar surface area (TPSA) is 42.7 Å². The fourth-order valence-electron chi connectivity index (χ4n) is 3.18. The lowest BCUT2D eigenvalue weighted by Crippen LogP contribution is -2.36. The van der Waals surface area contributed by atoms with Crippen molar-refractivity contribution in [2.75, 3.05) is 0 Å². The number of aromatic nitrogens is 3. The van der Waals surface area contributed by atoms with Crippen LogP contribution in [0.4, 0.5) is 0 Å².